The fourth-order valence-electron chi connectivity index (χ4n) is 1.89. The molecule has 3 nitrogen and oxygen atoms in total. The maximum absolute atomic E-state index is 5.87. The molecule has 2 aromatic carbocycles. The summed E-state index contributed by atoms with van der Waals surface area (Å²) in [6, 6.07) is 15.4. The number of halogens is 2. The van der Waals surface area contributed by atoms with E-state index in [4.69, 9.17) is 16.0 Å². The van der Waals surface area contributed by atoms with Crippen molar-refractivity contribution in [1.29, 1.82) is 0 Å². The number of nitrogens with one attached hydrogen (secondary N) is 1. The molecular formula is C16H12BrClN2O. The SMILES string of the molecule is Clc1ccc(-c2cnc(CNc3ccc(Br)cc3)o2)cc1. The van der Waals surface area contributed by atoms with Gasteiger partial charge in [-0.2, -0.15) is 0 Å². The second-order valence-electron chi connectivity index (χ2n) is 4.49. The lowest BCUT2D eigenvalue weighted by Crippen LogP contribution is -1.98. The molecule has 1 N–H and O–H groups in total. The van der Waals surface area contributed by atoms with E-state index in [1.165, 1.54) is 0 Å². The maximum atomic E-state index is 5.87. The van der Waals surface area contributed by atoms with Gasteiger partial charge in [0.05, 0.1) is 12.7 Å². The molecule has 0 radical (unpaired) electrons. The fraction of sp³-hybridized carbons (Fsp3) is 0.0625. The number of nitrogens with zero attached hydrogens (tertiary/aromatic N) is 1. The van der Waals surface area contributed by atoms with Crippen LogP contribution in [-0.2, 0) is 6.54 Å². The molecule has 1 heterocycles. The van der Waals surface area contributed by atoms with Crippen LogP contribution < -0.4 is 5.32 Å². The largest absolute Gasteiger partial charge is 0.439 e. The van der Waals surface area contributed by atoms with Gasteiger partial charge in [0, 0.05) is 20.7 Å². The highest BCUT2D eigenvalue weighted by atomic mass is 79.9. The molecule has 0 aliphatic rings. The third kappa shape index (κ3) is 3.65. The van der Waals surface area contributed by atoms with E-state index >= 15 is 0 Å². The minimum atomic E-state index is 0.537. The lowest BCUT2D eigenvalue weighted by Gasteiger charge is -2.03. The van der Waals surface area contributed by atoms with Crippen molar-refractivity contribution in [1.82, 2.24) is 4.98 Å². The Morgan fingerprint density at radius 2 is 1.76 bits per heavy atom. The first kappa shape index (κ1) is 14.2. The van der Waals surface area contributed by atoms with Crippen LogP contribution in [0.4, 0.5) is 5.69 Å². The van der Waals surface area contributed by atoms with E-state index in [0.29, 0.717) is 17.5 Å². The quantitative estimate of drug-likeness (QED) is 0.677. The van der Waals surface area contributed by atoms with Gasteiger partial charge in [0.25, 0.3) is 0 Å². The third-order valence-corrected chi connectivity index (χ3v) is 3.75. The molecule has 106 valence electrons. The zero-order valence-corrected chi connectivity index (χ0v) is 13.4. The Kier molecular flexibility index (Phi) is 4.27. The predicted octanol–water partition coefficient (Wildman–Crippen LogP) is 5.37. The fourth-order valence-corrected chi connectivity index (χ4v) is 2.28. The van der Waals surface area contributed by atoms with E-state index in [2.05, 4.69) is 26.2 Å². The summed E-state index contributed by atoms with van der Waals surface area (Å²) in [6.07, 6.45) is 1.72. The van der Waals surface area contributed by atoms with Gasteiger partial charge in [0.1, 0.15) is 0 Å². The van der Waals surface area contributed by atoms with Gasteiger partial charge in [-0.05, 0) is 48.5 Å². The van der Waals surface area contributed by atoms with Crippen LogP contribution >= 0.6 is 27.5 Å². The number of hydrogen-bond donors (Lipinski definition) is 1. The van der Waals surface area contributed by atoms with Crippen LogP contribution in [-0.4, -0.2) is 4.98 Å². The smallest absolute Gasteiger partial charge is 0.214 e. The predicted molar refractivity (Wildman–Crippen MR) is 88.4 cm³/mol. The van der Waals surface area contributed by atoms with Crippen molar-refractivity contribution in [2.45, 2.75) is 6.54 Å². The lowest BCUT2D eigenvalue weighted by atomic mass is 10.2. The molecule has 0 bridgehead atoms. The highest BCUT2D eigenvalue weighted by molar-refractivity contribution is 9.10. The molecule has 0 atom stereocenters. The van der Waals surface area contributed by atoms with Crippen LogP contribution in [0.15, 0.2) is 63.6 Å². The van der Waals surface area contributed by atoms with Crippen molar-refractivity contribution in [3.63, 3.8) is 0 Å². The Labute approximate surface area is 136 Å². The first-order valence-corrected chi connectivity index (χ1v) is 7.58. The van der Waals surface area contributed by atoms with Gasteiger partial charge in [-0.1, -0.05) is 27.5 Å². The Hall–Kier alpha value is -1.78. The average molecular weight is 364 g/mol. The number of rotatable bonds is 4. The van der Waals surface area contributed by atoms with Crippen LogP contribution in [0.2, 0.25) is 5.02 Å². The summed E-state index contributed by atoms with van der Waals surface area (Å²) in [5, 5.41) is 3.97. The second-order valence-corrected chi connectivity index (χ2v) is 5.84. The van der Waals surface area contributed by atoms with E-state index in [9.17, 15) is 0 Å². The van der Waals surface area contributed by atoms with Gasteiger partial charge < -0.3 is 9.73 Å². The first-order valence-electron chi connectivity index (χ1n) is 6.41. The molecule has 0 spiro atoms. The summed E-state index contributed by atoms with van der Waals surface area (Å²) in [5.41, 5.74) is 1.98. The first-order chi connectivity index (χ1) is 10.2. The Morgan fingerprint density at radius 3 is 2.48 bits per heavy atom. The zero-order valence-electron chi connectivity index (χ0n) is 11.0. The van der Waals surface area contributed by atoms with E-state index < -0.39 is 0 Å². The molecule has 0 amide bonds. The van der Waals surface area contributed by atoms with Gasteiger partial charge >= 0.3 is 0 Å². The van der Waals surface area contributed by atoms with Crippen molar-refractivity contribution < 1.29 is 4.42 Å². The summed E-state index contributed by atoms with van der Waals surface area (Å²) in [6.45, 7) is 0.537. The highest BCUT2D eigenvalue weighted by Crippen LogP contribution is 2.22. The number of oxazole rings is 1. The summed E-state index contributed by atoms with van der Waals surface area (Å²) in [4.78, 5) is 4.28. The molecule has 0 fully saturated rings. The van der Waals surface area contributed by atoms with Gasteiger partial charge in [-0.3, -0.25) is 0 Å². The molecule has 0 saturated carbocycles. The van der Waals surface area contributed by atoms with E-state index in [0.717, 1.165) is 21.5 Å². The molecule has 3 rings (SSSR count). The van der Waals surface area contributed by atoms with Gasteiger partial charge in [-0.15, -0.1) is 0 Å². The summed E-state index contributed by atoms with van der Waals surface area (Å²) in [5.74, 6) is 1.38. The van der Waals surface area contributed by atoms with Crippen molar-refractivity contribution in [2.24, 2.45) is 0 Å². The molecule has 0 saturated heterocycles. The minimum Gasteiger partial charge on any atom is -0.439 e. The summed E-state index contributed by atoms with van der Waals surface area (Å²) < 4.78 is 6.78. The van der Waals surface area contributed by atoms with E-state index in [1.54, 1.807) is 6.20 Å². The van der Waals surface area contributed by atoms with Crippen LogP contribution in [0, 0.1) is 0 Å². The maximum Gasteiger partial charge on any atom is 0.214 e. The molecule has 0 aliphatic carbocycles. The van der Waals surface area contributed by atoms with Crippen molar-refractivity contribution >= 4 is 33.2 Å². The molecule has 21 heavy (non-hydrogen) atoms. The van der Waals surface area contributed by atoms with Gasteiger partial charge in [0.15, 0.2) is 5.76 Å². The normalized spacial score (nSPS) is 10.6. The summed E-state index contributed by atoms with van der Waals surface area (Å²) in [7, 11) is 0. The van der Waals surface area contributed by atoms with Crippen molar-refractivity contribution in [2.75, 3.05) is 5.32 Å². The van der Waals surface area contributed by atoms with E-state index in [-0.39, 0.29) is 0 Å². The molecule has 1 aromatic heterocycles. The summed E-state index contributed by atoms with van der Waals surface area (Å²) >= 11 is 9.28. The third-order valence-electron chi connectivity index (χ3n) is 2.97. The zero-order chi connectivity index (χ0) is 14.7. The second kappa shape index (κ2) is 6.33. The number of benzene rings is 2. The molecule has 0 unspecified atom stereocenters. The van der Waals surface area contributed by atoms with Crippen molar-refractivity contribution in [3.8, 4) is 11.3 Å². The Morgan fingerprint density at radius 1 is 1.05 bits per heavy atom. The lowest BCUT2D eigenvalue weighted by molar-refractivity contribution is 0.516. The standard InChI is InChI=1S/C16H12BrClN2O/c17-12-3-7-14(8-4-12)19-10-16-20-9-15(21-16)11-1-5-13(18)6-2-11/h1-9,19H,10H2. The molecule has 0 aliphatic heterocycles. The van der Waals surface area contributed by atoms with Gasteiger partial charge in [0.2, 0.25) is 5.89 Å². The van der Waals surface area contributed by atoms with Crippen LogP contribution in [0.25, 0.3) is 11.3 Å². The highest BCUT2D eigenvalue weighted by Gasteiger charge is 2.06. The number of hydrogen-bond acceptors (Lipinski definition) is 3. The molecular weight excluding hydrogens is 352 g/mol. The Bertz CT molecular complexity index is 723. The van der Waals surface area contributed by atoms with Crippen LogP contribution in [0.1, 0.15) is 5.89 Å². The molecule has 3 aromatic rings. The minimum absolute atomic E-state index is 0.537. The number of anilines is 1. The van der Waals surface area contributed by atoms with E-state index in [1.807, 2.05) is 48.5 Å². The van der Waals surface area contributed by atoms with Gasteiger partial charge in [-0.25, -0.2) is 4.98 Å². The van der Waals surface area contributed by atoms with Crippen LogP contribution in [0.3, 0.4) is 0 Å². The monoisotopic (exact) mass is 362 g/mol. The average Bonchev–Trinajstić information content (AvgIpc) is 2.96. The molecule has 5 heteroatoms. The van der Waals surface area contributed by atoms with Crippen LogP contribution in [0.5, 0.6) is 0 Å². The topological polar surface area (TPSA) is 38.1 Å². The van der Waals surface area contributed by atoms with Crippen molar-refractivity contribution in [3.05, 3.63) is 70.1 Å². The number of aromatic nitrogens is 1. The Balaban J connectivity index is 1.67.